The van der Waals surface area contributed by atoms with Gasteiger partial charge >= 0.3 is 5.97 Å². The number of carboxylic acid groups (broad SMARTS) is 1. The first-order chi connectivity index (χ1) is 17.5. The number of carbonyl (C=O) groups is 1. The van der Waals surface area contributed by atoms with Gasteiger partial charge in [0.25, 0.3) is 0 Å². The second-order valence-electron chi connectivity index (χ2n) is 8.76. The van der Waals surface area contributed by atoms with Crippen molar-refractivity contribution in [2.24, 2.45) is 0 Å². The van der Waals surface area contributed by atoms with Crippen molar-refractivity contribution < 1.29 is 9.90 Å². The van der Waals surface area contributed by atoms with E-state index in [2.05, 4.69) is 50.4 Å². The Labute approximate surface area is 216 Å². The molecule has 1 saturated heterocycles. The van der Waals surface area contributed by atoms with Crippen LogP contribution in [0.5, 0.6) is 0 Å². The highest BCUT2D eigenvalue weighted by atomic mass is 35.5. The number of hydrogen-bond donors (Lipinski definition) is 1. The van der Waals surface area contributed by atoms with Gasteiger partial charge in [-0.05, 0) is 79.4 Å². The number of piperidine rings is 1. The fraction of sp³-hybridized carbons (Fsp3) is 0.185. The fourth-order valence-corrected chi connectivity index (χ4v) is 5.61. The van der Waals surface area contributed by atoms with Gasteiger partial charge in [-0.15, -0.1) is 26.2 Å². The maximum Gasteiger partial charge on any atom is 0.357 e. The number of benzene rings is 2. The normalized spacial score (nSPS) is 14.6. The molecule has 0 atom stereocenters. The van der Waals surface area contributed by atoms with Crippen LogP contribution < -0.4 is 10.1 Å². The number of thiophene rings is 1. The highest BCUT2D eigenvalue weighted by molar-refractivity contribution is 7.16. The summed E-state index contributed by atoms with van der Waals surface area (Å²) >= 11 is 7.59. The lowest BCUT2D eigenvalue weighted by Crippen LogP contribution is -2.29. The molecule has 0 saturated carbocycles. The smallest absolute Gasteiger partial charge is 0.357 e. The van der Waals surface area contributed by atoms with Crippen LogP contribution in [0.3, 0.4) is 0 Å². The number of fused-ring (bicyclic) bond motifs is 1. The van der Waals surface area contributed by atoms with Crippen molar-refractivity contribution in [1.82, 2.24) is 19.8 Å². The van der Waals surface area contributed by atoms with Crippen molar-refractivity contribution in [1.29, 1.82) is 0 Å². The average molecular weight is 516 g/mol. The van der Waals surface area contributed by atoms with Crippen molar-refractivity contribution in [3.05, 3.63) is 81.5 Å². The van der Waals surface area contributed by atoms with E-state index in [4.69, 9.17) is 11.6 Å². The van der Waals surface area contributed by atoms with Crippen LogP contribution in [0.2, 0.25) is 5.02 Å². The standard InChI is InChI=1S/C27H22ClN5O2S/c28-19-8-4-18(5-9-19)25-29-26-22(24(27(34)35)30-33(26)31-25)16-21-12-13-23(36-21)17-6-10-20(11-7-17)32-14-2-1-3-15-32/h4-13,16H,1-3,14-15H2,(H,34,35)/b22-16-. The van der Waals surface area contributed by atoms with Gasteiger partial charge in [-0.2, -0.15) is 0 Å². The summed E-state index contributed by atoms with van der Waals surface area (Å²) in [7, 11) is 0. The van der Waals surface area contributed by atoms with E-state index >= 15 is 0 Å². The number of anilines is 1. The first-order valence-corrected chi connectivity index (χ1v) is 13.0. The van der Waals surface area contributed by atoms with Gasteiger partial charge in [-0.25, -0.2) is 9.78 Å². The summed E-state index contributed by atoms with van der Waals surface area (Å²) in [5.41, 5.74) is 3.50. The van der Waals surface area contributed by atoms with Crippen molar-refractivity contribution in [3.8, 4) is 21.8 Å². The largest absolute Gasteiger partial charge is 0.476 e. The van der Waals surface area contributed by atoms with Crippen LogP contribution in [0.15, 0.2) is 60.7 Å². The van der Waals surface area contributed by atoms with E-state index in [-0.39, 0.29) is 5.69 Å². The lowest BCUT2D eigenvalue weighted by atomic mass is 10.1. The van der Waals surface area contributed by atoms with Gasteiger partial charge in [0.15, 0.2) is 17.2 Å². The molecule has 0 unspecified atom stereocenters. The molecular formula is C27H22ClN5O2S. The second-order valence-corrected chi connectivity index (χ2v) is 10.3. The highest BCUT2D eigenvalue weighted by Crippen LogP contribution is 2.31. The first-order valence-electron chi connectivity index (χ1n) is 11.8. The Morgan fingerprint density at radius 2 is 1.64 bits per heavy atom. The minimum atomic E-state index is -1.12. The number of nitrogens with zero attached hydrogens (tertiary/aromatic N) is 5. The zero-order valence-corrected chi connectivity index (χ0v) is 20.8. The second kappa shape index (κ2) is 9.37. The fourth-order valence-electron chi connectivity index (χ4n) is 4.53. The first kappa shape index (κ1) is 22.7. The monoisotopic (exact) mass is 515 g/mol. The van der Waals surface area contributed by atoms with Gasteiger partial charge < -0.3 is 10.0 Å². The molecule has 1 fully saturated rings. The van der Waals surface area contributed by atoms with Crippen LogP contribution >= 0.6 is 22.9 Å². The molecule has 1 N–H and O–H groups in total. The Balaban J connectivity index is 1.34. The van der Waals surface area contributed by atoms with Crippen molar-refractivity contribution in [2.45, 2.75) is 19.3 Å². The predicted molar refractivity (Wildman–Crippen MR) is 143 cm³/mol. The predicted octanol–water partition coefficient (Wildman–Crippen LogP) is 5.41. The lowest BCUT2D eigenvalue weighted by Gasteiger charge is -2.28. The SMILES string of the molecule is O=C(O)c1nn2nc(-c3ccc(Cl)cc3)nc2/c1=C\c1ccc(-c2ccc(N3CCCCC3)cc2)s1. The summed E-state index contributed by atoms with van der Waals surface area (Å²) < 4.78 is 1.28. The van der Waals surface area contributed by atoms with E-state index in [0.29, 0.717) is 21.7 Å². The molecule has 1 aliphatic rings. The van der Waals surface area contributed by atoms with Gasteiger partial charge in [0, 0.05) is 39.1 Å². The molecule has 7 nitrogen and oxygen atoms in total. The molecular weight excluding hydrogens is 494 g/mol. The quantitative estimate of drug-likeness (QED) is 0.337. The van der Waals surface area contributed by atoms with Gasteiger partial charge in [-0.3, -0.25) is 0 Å². The Hall–Kier alpha value is -3.75. The number of hydrogen-bond acceptors (Lipinski definition) is 6. The Morgan fingerprint density at radius 1 is 0.917 bits per heavy atom. The average Bonchev–Trinajstić information content (AvgIpc) is 3.61. The van der Waals surface area contributed by atoms with E-state index in [1.54, 1.807) is 23.5 Å². The zero-order valence-electron chi connectivity index (χ0n) is 19.3. The minimum absolute atomic E-state index is 0.0755. The lowest BCUT2D eigenvalue weighted by molar-refractivity contribution is 0.0688. The highest BCUT2D eigenvalue weighted by Gasteiger charge is 2.19. The van der Waals surface area contributed by atoms with Crippen LogP contribution in [-0.2, 0) is 0 Å². The van der Waals surface area contributed by atoms with Crippen molar-refractivity contribution >= 4 is 46.3 Å². The molecule has 4 heterocycles. The molecule has 9 heteroatoms. The maximum atomic E-state index is 11.9. The van der Waals surface area contributed by atoms with Crippen LogP contribution in [0, 0.1) is 0 Å². The van der Waals surface area contributed by atoms with Crippen LogP contribution in [0.4, 0.5) is 5.69 Å². The molecule has 0 bridgehead atoms. The van der Waals surface area contributed by atoms with Gasteiger partial charge in [0.2, 0.25) is 0 Å². The molecule has 180 valence electrons. The number of aromatic carboxylic acids is 1. The summed E-state index contributed by atoms with van der Waals surface area (Å²) in [6.07, 6.45) is 5.64. The molecule has 5 aromatic rings. The van der Waals surface area contributed by atoms with E-state index in [0.717, 1.165) is 34.0 Å². The third-order valence-electron chi connectivity index (χ3n) is 6.37. The number of carboxylic acids is 1. The third-order valence-corrected chi connectivity index (χ3v) is 7.71. The summed E-state index contributed by atoms with van der Waals surface area (Å²) in [5.74, 6) is -0.659. The van der Waals surface area contributed by atoms with Crippen LogP contribution in [-0.4, -0.2) is 44.0 Å². The summed E-state index contributed by atoms with van der Waals surface area (Å²) in [5, 5.41) is 19.3. The maximum absolute atomic E-state index is 11.9. The molecule has 6 rings (SSSR count). The van der Waals surface area contributed by atoms with E-state index < -0.39 is 5.97 Å². The Kier molecular flexibility index (Phi) is 5.91. The van der Waals surface area contributed by atoms with Crippen LogP contribution in [0.25, 0.3) is 33.6 Å². The number of rotatable bonds is 5. The number of aromatic nitrogens is 4. The van der Waals surface area contributed by atoms with Gasteiger partial charge in [0.1, 0.15) is 0 Å². The number of halogens is 1. The summed E-state index contributed by atoms with van der Waals surface area (Å²) in [6.45, 7) is 2.24. The van der Waals surface area contributed by atoms with Gasteiger partial charge in [0.05, 0.1) is 5.22 Å². The minimum Gasteiger partial charge on any atom is -0.476 e. The molecule has 0 amide bonds. The topological polar surface area (TPSA) is 83.6 Å². The summed E-state index contributed by atoms with van der Waals surface area (Å²) in [6, 6.07) is 19.9. The molecule has 0 aliphatic carbocycles. The van der Waals surface area contributed by atoms with E-state index in [1.165, 1.54) is 29.6 Å². The molecule has 0 spiro atoms. The zero-order chi connectivity index (χ0) is 24.6. The van der Waals surface area contributed by atoms with Crippen LogP contribution in [0.1, 0.15) is 34.6 Å². The molecule has 1 aliphatic heterocycles. The molecule has 2 aromatic carbocycles. The van der Waals surface area contributed by atoms with Crippen molar-refractivity contribution in [3.63, 3.8) is 0 Å². The molecule has 36 heavy (non-hydrogen) atoms. The van der Waals surface area contributed by atoms with E-state index in [9.17, 15) is 9.90 Å². The summed E-state index contributed by atoms with van der Waals surface area (Å²) in [4.78, 5) is 20.9. The Morgan fingerprint density at radius 3 is 2.36 bits per heavy atom. The molecule has 3 aromatic heterocycles. The van der Waals surface area contributed by atoms with Crippen molar-refractivity contribution in [2.75, 3.05) is 18.0 Å². The third kappa shape index (κ3) is 4.34. The van der Waals surface area contributed by atoms with E-state index in [1.807, 2.05) is 24.3 Å². The Bertz CT molecular complexity index is 1600. The van der Waals surface area contributed by atoms with Gasteiger partial charge in [-0.1, -0.05) is 23.7 Å². The molecule has 0 radical (unpaired) electrons.